The number of carbonyl (C=O) groups excluding carboxylic acids is 2. The molecular weight excluding hydrogens is 349 g/mol. The van der Waals surface area contributed by atoms with Crippen molar-refractivity contribution in [2.75, 3.05) is 12.4 Å². The molecule has 2 aromatic carbocycles. The Balaban J connectivity index is 2.62. The first kappa shape index (κ1) is 18.4. The van der Waals surface area contributed by atoms with Gasteiger partial charge in [-0.15, -0.1) is 0 Å². The molecule has 0 bridgehead atoms. The molecule has 0 saturated heterocycles. The van der Waals surface area contributed by atoms with E-state index in [1.807, 2.05) is 0 Å². The van der Waals surface area contributed by atoms with E-state index in [4.69, 9.17) is 0 Å². The van der Waals surface area contributed by atoms with E-state index in [9.17, 15) is 31.5 Å². The van der Waals surface area contributed by atoms with E-state index >= 15 is 0 Å². The molecule has 2 aromatic rings. The number of carbonyl (C=O) groups is 2. The average molecular weight is 359 g/mol. The highest BCUT2D eigenvalue weighted by molar-refractivity contribution is 5.97. The lowest BCUT2D eigenvalue weighted by Crippen LogP contribution is -2.13. The summed E-state index contributed by atoms with van der Waals surface area (Å²) in [4.78, 5) is 22.7. The van der Waals surface area contributed by atoms with Crippen LogP contribution in [-0.2, 0) is 10.9 Å². The molecule has 0 aliphatic heterocycles. The predicted octanol–water partition coefficient (Wildman–Crippen LogP) is 4.33. The minimum absolute atomic E-state index is 0.0683. The van der Waals surface area contributed by atoms with Gasteiger partial charge >= 0.3 is 12.1 Å². The van der Waals surface area contributed by atoms with Crippen molar-refractivity contribution in [2.24, 2.45) is 0 Å². The zero-order valence-corrected chi connectivity index (χ0v) is 12.6. The number of methoxy groups -OCH3 is 1. The summed E-state index contributed by atoms with van der Waals surface area (Å²) in [7, 11) is 0.969. The van der Waals surface area contributed by atoms with Crippen LogP contribution in [0, 0.1) is 11.6 Å². The van der Waals surface area contributed by atoms with Crippen LogP contribution in [0.15, 0.2) is 30.3 Å². The maximum Gasteiger partial charge on any atom is 0.419 e. The molecule has 0 spiro atoms. The van der Waals surface area contributed by atoms with Crippen molar-refractivity contribution in [2.45, 2.75) is 6.18 Å². The summed E-state index contributed by atoms with van der Waals surface area (Å²) in [6.07, 6.45) is -4.73. The zero-order valence-electron chi connectivity index (χ0n) is 12.6. The fourth-order valence-electron chi connectivity index (χ4n) is 2.06. The first-order valence-electron chi connectivity index (χ1n) is 6.68. The molecule has 0 aliphatic carbocycles. The number of nitrogens with one attached hydrogen (secondary N) is 1. The average Bonchev–Trinajstić information content (AvgIpc) is 2.55. The maximum atomic E-state index is 13.7. The van der Waals surface area contributed by atoms with Crippen molar-refractivity contribution in [3.05, 3.63) is 58.7 Å². The number of ether oxygens (including phenoxy) is 1. The minimum Gasteiger partial charge on any atom is -0.465 e. The van der Waals surface area contributed by atoms with Crippen LogP contribution in [0.2, 0.25) is 0 Å². The molecule has 0 atom stereocenters. The van der Waals surface area contributed by atoms with Crippen LogP contribution in [0.4, 0.5) is 33.3 Å². The molecule has 1 N–H and O–H groups in total. The number of hydrogen-bond donors (Lipinski definition) is 1. The van der Waals surface area contributed by atoms with Crippen molar-refractivity contribution < 1.29 is 36.3 Å². The van der Waals surface area contributed by atoms with Gasteiger partial charge in [0.05, 0.1) is 23.9 Å². The number of rotatable bonds is 4. The molecule has 0 aliphatic rings. The molecule has 0 saturated carbocycles. The molecule has 0 unspecified atom stereocenters. The molecule has 0 radical (unpaired) electrons. The minimum atomic E-state index is -5.01. The third-order valence-corrected chi connectivity index (χ3v) is 3.23. The van der Waals surface area contributed by atoms with Crippen LogP contribution in [0.5, 0.6) is 0 Å². The van der Waals surface area contributed by atoms with E-state index < -0.39 is 40.6 Å². The monoisotopic (exact) mass is 359 g/mol. The number of anilines is 2. The van der Waals surface area contributed by atoms with E-state index in [1.54, 1.807) is 0 Å². The summed E-state index contributed by atoms with van der Waals surface area (Å²) in [5.74, 6) is -3.49. The Bertz CT molecular complexity index is 833. The van der Waals surface area contributed by atoms with Gasteiger partial charge in [-0.05, 0) is 30.3 Å². The fraction of sp³-hybridized carbons (Fsp3) is 0.125. The van der Waals surface area contributed by atoms with Gasteiger partial charge in [0, 0.05) is 11.3 Å². The second-order valence-corrected chi connectivity index (χ2v) is 4.84. The van der Waals surface area contributed by atoms with Gasteiger partial charge in [0.15, 0.2) is 6.29 Å². The number of halogens is 5. The van der Waals surface area contributed by atoms with Crippen LogP contribution in [0.1, 0.15) is 26.3 Å². The zero-order chi connectivity index (χ0) is 18.8. The Morgan fingerprint density at radius 1 is 1.12 bits per heavy atom. The van der Waals surface area contributed by atoms with Crippen LogP contribution < -0.4 is 5.32 Å². The highest BCUT2D eigenvalue weighted by Gasteiger charge is 2.35. The number of alkyl halides is 3. The summed E-state index contributed by atoms with van der Waals surface area (Å²) in [5, 5.41) is 2.41. The molecule has 4 nitrogen and oxygen atoms in total. The quantitative estimate of drug-likeness (QED) is 0.502. The van der Waals surface area contributed by atoms with Crippen molar-refractivity contribution in [3.8, 4) is 0 Å². The standard InChI is InChI=1S/C16H10F5NO3/c1-25-15(24)10-5-12(18)11(16(19,20)21)6-14(10)22-13-3-2-9(17)4-8(13)7-23/h2-7,22H,1H3. The predicted molar refractivity (Wildman–Crippen MR) is 77.8 cm³/mol. The van der Waals surface area contributed by atoms with Crippen molar-refractivity contribution in [3.63, 3.8) is 0 Å². The van der Waals surface area contributed by atoms with Crippen molar-refractivity contribution in [1.29, 1.82) is 0 Å². The molecule has 132 valence electrons. The van der Waals surface area contributed by atoms with E-state index in [2.05, 4.69) is 10.1 Å². The smallest absolute Gasteiger partial charge is 0.419 e. The number of hydrogen-bond acceptors (Lipinski definition) is 4. The Morgan fingerprint density at radius 3 is 2.36 bits per heavy atom. The molecular formula is C16H10F5NO3. The highest BCUT2D eigenvalue weighted by atomic mass is 19.4. The Labute approximate surface area is 138 Å². The van der Waals surface area contributed by atoms with Crippen LogP contribution in [0.25, 0.3) is 0 Å². The van der Waals surface area contributed by atoms with E-state index in [-0.39, 0.29) is 17.5 Å². The van der Waals surface area contributed by atoms with Gasteiger partial charge in [0.1, 0.15) is 11.6 Å². The summed E-state index contributed by atoms with van der Waals surface area (Å²) in [6.45, 7) is 0. The SMILES string of the molecule is COC(=O)c1cc(F)c(C(F)(F)F)cc1Nc1ccc(F)cc1C=O. The third kappa shape index (κ3) is 3.93. The Kier molecular flexibility index (Phi) is 5.05. The van der Waals surface area contributed by atoms with Crippen molar-refractivity contribution >= 4 is 23.6 Å². The lowest BCUT2D eigenvalue weighted by molar-refractivity contribution is -0.139. The summed E-state index contributed by atoms with van der Waals surface area (Å²) >= 11 is 0. The van der Waals surface area contributed by atoms with Crippen LogP contribution in [-0.4, -0.2) is 19.4 Å². The van der Waals surface area contributed by atoms with Crippen LogP contribution >= 0.6 is 0 Å². The van der Waals surface area contributed by atoms with Gasteiger partial charge in [0.2, 0.25) is 0 Å². The normalized spacial score (nSPS) is 11.1. The van der Waals surface area contributed by atoms with Crippen molar-refractivity contribution in [1.82, 2.24) is 0 Å². The largest absolute Gasteiger partial charge is 0.465 e. The Morgan fingerprint density at radius 2 is 1.80 bits per heavy atom. The second-order valence-electron chi connectivity index (χ2n) is 4.84. The van der Waals surface area contributed by atoms with Gasteiger partial charge in [-0.1, -0.05) is 0 Å². The van der Waals surface area contributed by atoms with E-state index in [0.717, 1.165) is 25.3 Å². The lowest BCUT2D eigenvalue weighted by Gasteiger charge is -2.16. The Hall–Kier alpha value is -2.97. The second kappa shape index (κ2) is 6.88. The molecule has 0 aromatic heterocycles. The van der Waals surface area contributed by atoms with E-state index in [1.165, 1.54) is 0 Å². The van der Waals surface area contributed by atoms with Crippen LogP contribution in [0.3, 0.4) is 0 Å². The molecule has 0 amide bonds. The fourth-order valence-corrected chi connectivity index (χ4v) is 2.06. The molecule has 0 heterocycles. The summed E-state index contributed by atoms with van der Waals surface area (Å²) in [5.41, 5.74) is -2.85. The summed E-state index contributed by atoms with van der Waals surface area (Å²) in [6, 6.07) is 3.65. The third-order valence-electron chi connectivity index (χ3n) is 3.23. The maximum absolute atomic E-state index is 13.7. The van der Waals surface area contributed by atoms with Gasteiger partial charge < -0.3 is 10.1 Å². The molecule has 2 rings (SSSR count). The topological polar surface area (TPSA) is 55.4 Å². The van der Waals surface area contributed by atoms with Gasteiger partial charge in [-0.2, -0.15) is 13.2 Å². The van der Waals surface area contributed by atoms with E-state index in [0.29, 0.717) is 12.1 Å². The molecule has 25 heavy (non-hydrogen) atoms. The number of benzene rings is 2. The molecule has 9 heteroatoms. The van der Waals surface area contributed by atoms with Gasteiger partial charge in [0.25, 0.3) is 0 Å². The van der Waals surface area contributed by atoms with Gasteiger partial charge in [-0.25, -0.2) is 13.6 Å². The number of aldehydes is 1. The number of esters is 1. The first-order valence-corrected chi connectivity index (χ1v) is 6.68. The highest BCUT2D eigenvalue weighted by Crippen LogP contribution is 2.36. The summed E-state index contributed by atoms with van der Waals surface area (Å²) < 4.78 is 69.9. The molecule has 0 fully saturated rings. The lowest BCUT2D eigenvalue weighted by atomic mass is 10.1. The van der Waals surface area contributed by atoms with Gasteiger partial charge in [-0.3, -0.25) is 4.79 Å². The first-order chi connectivity index (χ1) is 11.7.